The van der Waals surface area contributed by atoms with Gasteiger partial charge >= 0.3 is 0 Å². The smallest absolute Gasteiger partial charge is 0.232 e. The zero-order valence-corrected chi connectivity index (χ0v) is 13.8. The Morgan fingerprint density at radius 1 is 1.25 bits per heavy atom. The standard InChI is InChI=1S/C14H23ClN2O2S/c1-11(2)16-8-4-5-9-20(18,19)17-13-7-6-12(3)14(15)10-13/h6-7,10-11,16-17H,4-5,8-9H2,1-3H3. The number of anilines is 1. The second-order valence-electron chi connectivity index (χ2n) is 5.20. The number of unbranched alkanes of at least 4 members (excludes halogenated alkanes) is 1. The van der Waals surface area contributed by atoms with Gasteiger partial charge in [0.25, 0.3) is 0 Å². The fourth-order valence-corrected chi connectivity index (χ4v) is 3.05. The highest BCUT2D eigenvalue weighted by atomic mass is 35.5. The molecule has 20 heavy (non-hydrogen) atoms. The Labute approximate surface area is 127 Å². The number of halogens is 1. The molecule has 1 aromatic carbocycles. The second kappa shape index (κ2) is 7.86. The Morgan fingerprint density at radius 2 is 1.95 bits per heavy atom. The third-order valence-electron chi connectivity index (χ3n) is 2.84. The van der Waals surface area contributed by atoms with Gasteiger partial charge in [0.05, 0.1) is 5.75 Å². The molecule has 0 aliphatic rings. The summed E-state index contributed by atoms with van der Waals surface area (Å²) in [5, 5.41) is 3.82. The molecule has 4 nitrogen and oxygen atoms in total. The van der Waals surface area contributed by atoms with E-state index in [4.69, 9.17) is 11.6 Å². The molecule has 0 radical (unpaired) electrons. The van der Waals surface area contributed by atoms with Crippen LogP contribution in [0.2, 0.25) is 5.02 Å². The number of rotatable bonds is 8. The maximum absolute atomic E-state index is 11.9. The quantitative estimate of drug-likeness (QED) is 0.724. The molecule has 0 heterocycles. The number of nitrogens with one attached hydrogen (secondary N) is 2. The first-order chi connectivity index (χ1) is 9.30. The van der Waals surface area contributed by atoms with E-state index in [9.17, 15) is 8.42 Å². The number of hydrogen-bond acceptors (Lipinski definition) is 3. The van der Waals surface area contributed by atoms with Gasteiger partial charge in [-0.1, -0.05) is 31.5 Å². The maximum atomic E-state index is 11.9. The average Bonchev–Trinajstić information content (AvgIpc) is 2.32. The van der Waals surface area contributed by atoms with Gasteiger partial charge in [-0.25, -0.2) is 8.42 Å². The Hall–Kier alpha value is -0.780. The van der Waals surface area contributed by atoms with Crippen LogP contribution in [0.15, 0.2) is 18.2 Å². The van der Waals surface area contributed by atoms with Gasteiger partial charge in [-0.2, -0.15) is 0 Å². The summed E-state index contributed by atoms with van der Waals surface area (Å²) in [4.78, 5) is 0. The second-order valence-corrected chi connectivity index (χ2v) is 7.45. The average molecular weight is 319 g/mol. The monoisotopic (exact) mass is 318 g/mol. The molecule has 0 saturated heterocycles. The van der Waals surface area contributed by atoms with Crippen LogP contribution in [0, 0.1) is 6.92 Å². The maximum Gasteiger partial charge on any atom is 0.232 e. The van der Waals surface area contributed by atoms with Crippen molar-refractivity contribution in [2.45, 2.75) is 39.7 Å². The minimum atomic E-state index is -3.30. The topological polar surface area (TPSA) is 58.2 Å². The number of hydrogen-bond donors (Lipinski definition) is 2. The van der Waals surface area contributed by atoms with Crippen LogP contribution >= 0.6 is 11.6 Å². The SMILES string of the molecule is Cc1ccc(NS(=O)(=O)CCCCNC(C)C)cc1Cl. The molecule has 0 saturated carbocycles. The lowest BCUT2D eigenvalue weighted by atomic mass is 10.2. The Kier molecular flexibility index (Phi) is 6.79. The first-order valence-electron chi connectivity index (χ1n) is 6.80. The molecule has 0 aliphatic carbocycles. The number of sulfonamides is 1. The van der Waals surface area contributed by atoms with Crippen molar-refractivity contribution in [3.05, 3.63) is 28.8 Å². The largest absolute Gasteiger partial charge is 0.315 e. The molecular formula is C14H23ClN2O2S. The molecule has 0 amide bonds. The molecule has 0 spiro atoms. The van der Waals surface area contributed by atoms with E-state index < -0.39 is 10.0 Å². The first kappa shape index (κ1) is 17.3. The van der Waals surface area contributed by atoms with Crippen LogP contribution in [0.1, 0.15) is 32.3 Å². The van der Waals surface area contributed by atoms with Crippen molar-refractivity contribution in [2.24, 2.45) is 0 Å². The van der Waals surface area contributed by atoms with Crippen LogP contribution in [0.4, 0.5) is 5.69 Å². The van der Waals surface area contributed by atoms with E-state index in [-0.39, 0.29) is 5.75 Å². The summed E-state index contributed by atoms with van der Waals surface area (Å²) in [5.74, 6) is 0.123. The predicted octanol–water partition coefficient (Wildman–Crippen LogP) is 3.17. The van der Waals surface area contributed by atoms with Crippen molar-refractivity contribution in [2.75, 3.05) is 17.0 Å². The first-order valence-corrected chi connectivity index (χ1v) is 8.83. The molecule has 6 heteroatoms. The zero-order valence-electron chi connectivity index (χ0n) is 12.2. The molecule has 0 aliphatic heterocycles. The van der Waals surface area contributed by atoms with Crippen LogP contribution in [0.5, 0.6) is 0 Å². The van der Waals surface area contributed by atoms with Crippen molar-refractivity contribution in [1.29, 1.82) is 0 Å². The minimum Gasteiger partial charge on any atom is -0.315 e. The van der Waals surface area contributed by atoms with Gasteiger partial charge in [0.15, 0.2) is 0 Å². The van der Waals surface area contributed by atoms with E-state index >= 15 is 0 Å². The highest BCUT2D eigenvalue weighted by Gasteiger charge is 2.10. The van der Waals surface area contributed by atoms with Crippen LogP contribution in [0.25, 0.3) is 0 Å². The van der Waals surface area contributed by atoms with Crippen molar-refractivity contribution in [3.8, 4) is 0 Å². The van der Waals surface area contributed by atoms with Crippen LogP contribution < -0.4 is 10.0 Å². The van der Waals surface area contributed by atoms with Crippen LogP contribution in [0.3, 0.4) is 0 Å². The van der Waals surface area contributed by atoms with Crippen molar-refractivity contribution < 1.29 is 8.42 Å². The molecule has 114 valence electrons. The third kappa shape index (κ3) is 6.59. The summed E-state index contributed by atoms with van der Waals surface area (Å²) in [6.07, 6.45) is 1.47. The van der Waals surface area contributed by atoms with E-state index in [1.54, 1.807) is 18.2 Å². The fraction of sp³-hybridized carbons (Fsp3) is 0.571. The summed E-state index contributed by atoms with van der Waals surface area (Å²) in [7, 11) is -3.30. The lowest BCUT2D eigenvalue weighted by Gasteiger charge is -2.10. The van der Waals surface area contributed by atoms with E-state index in [1.165, 1.54) is 0 Å². The Morgan fingerprint density at radius 3 is 2.55 bits per heavy atom. The van der Waals surface area contributed by atoms with Gasteiger partial charge in [-0.15, -0.1) is 0 Å². The normalized spacial score (nSPS) is 11.8. The van der Waals surface area contributed by atoms with E-state index in [0.717, 1.165) is 18.5 Å². The van der Waals surface area contributed by atoms with Crippen LogP contribution in [-0.2, 0) is 10.0 Å². The highest BCUT2D eigenvalue weighted by molar-refractivity contribution is 7.92. The van der Waals surface area contributed by atoms with Crippen molar-refractivity contribution in [1.82, 2.24) is 5.32 Å². The number of aryl methyl sites for hydroxylation is 1. The lowest BCUT2D eigenvalue weighted by Crippen LogP contribution is -2.24. The van der Waals surface area contributed by atoms with Crippen molar-refractivity contribution >= 4 is 27.3 Å². The summed E-state index contributed by atoms with van der Waals surface area (Å²) in [5.41, 5.74) is 1.44. The van der Waals surface area contributed by atoms with E-state index in [1.807, 2.05) is 6.92 Å². The molecule has 0 fully saturated rings. The van der Waals surface area contributed by atoms with Crippen LogP contribution in [-0.4, -0.2) is 26.8 Å². The highest BCUT2D eigenvalue weighted by Crippen LogP contribution is 2.20. The molecule has 2 N–H and O–H groups in total. The molecular weight excluding hydrogens is 296 g/mol. The molecule has 0 bridgehead atoms. The van der Waals surface area contributed by atoms with E-state index in [0.29, 0.717) is 23.2 Å². The lowest BCUT2D eigenvalue weighted by molar-refractivity contribution is 0.561. The summed E-state index contributed by atoms with van der Waals surface area (Å²) >= 11 is 5.97. The molecule has 0 atom stereocenters. The fourth-order valence-electron chi connectivity index (χ4n) is 1.69. The van der Waals surface area contributed by atoms with Gasteiger partial charge < -0.3 is 5.32 Å². The van der Waals surface area contributed by atoms with Crippen molar-refractivity contribution in [3.63, 3.8) is 0 Å². The summed E-state index contributed by atoms with van der Waals surface area (Å²) < 4.78 is 26.4. The molecule has 0 aromatic heterocycles. The third-order valence-corrected chi connectivity index (χ3v) is 4.62. The van der Waals surface area contributed by atoms with Gasteiger partial charge in [-0.05, 0) is 44.0 Å². The molecule has 0 unspecified atom stereocenters. The van der Waals surface area contributed by atoms with Gasteiger partial charge in [0, 0.05) is 16.8 Å². The predicted molar refractivity (Wildman–Crippen MR) is 86.0 cm³/mol. The molecule has 1 aromatic rings. The molecule has 1 rings (SSSR count). The summed E-state index contributed by atoms with van der Waals surface area (Å²) in [6, 6.07) is 5.58. The summed E-state index contributed by atoms with van der Waals surface area (Å²) in [6.45, 7) is 6.85. The Bertz CT molecular complexity index is 530. The number of benzene rings is 1. The minimum absolute atomic E-state index is 0.123. The zero-order chi connectivity index (χ0) is 15.2. The van der Waals surface area contributed by atoms with Gasteiger partial charge in [0.1, 0.15) is 0 Å². The van der Waals surface area contributed by atoms with E-state index in [2.05, 4.69) is 23.9 Å². The Balaban J connectivity index is 2.43. The van der Waals surface area contributed by atoms with Gasteiger partial charge in [-0.3, -0.25) is 4.72 Å². The van der Waals surface area contributed by atoms with Gasteiger partial charge in [0.2, 0.25) is 10.0 Å².